The van der Waals surface area contributed by atoms with Crippen molar-refractivity contribution in [2.75, 3.05) is 0 Å². The minimum Gasteiger partial charge on any atom is -0.462 e. The number of halogens is 1. The van der Waals surface area contributed by atoms with E-state index in [2.05, 4.69) is 0 Å². The molecular weight excluding hydrogens is 284 g/mol. The van der Waals surface area contributed by atoms with Crippen molar-refractivity contribution in [3.8, 4) is 0 Å². The van der Waals surface area contributed by atoms with E-state index in [0.717, 1.165) is 17.5 Å². The molecule has 1 fully saturated rings. The van der Waals surface area contributed by atoms with Crippen LogP contribution in [0.15, 0.2) is 54.6 Å². The Morgan fingerprint density at radius 2 is 1.67 bits per heavy atom. The molecule has 1 heterocycles. The van der Waals surface area contributed by atoms with Gasteiger partial charge < -0.3 is 4.74 Å². The smallest absolute Gasteiger partial charge is 0.314 e. The maximum atomic E-state index is 12.4. The summed E-state index contributed by atoms with van der Waals surface area (Å²) in [5, 5.41) is 0.710. The highest BCUT2D eigenvalue weighted by molar-refractivity contribution is 6.30. The zero-order valence-electron chi connectivity index (χ0n) is 11.8. The van der Waals surface area contributed by atoms with E-state index >= 15 is 0 Å². The van der Waals surface area contributed by atoms with Crippen LogP contribution in [-0.4, -0.2) is 12.1 Å². The van der Waals surface area contributed by atoms with Crippen molar-refractivity contribution in [2.45, 2.75) is 31.3 Å². The van der Waals surface area contributed by atoms with E-state index in [-0.39, 0.29) is 23.9 Å². The second-order valence-corrected chi connectivity index (χ2v) is 5.97. The molecule has 0 amide bonds. The van der Waals surface area contributed by atoms with Gasteiger partial charge in [0, 0.05) is 10.9 Å². The number of hydrogen-bond donors (Lipinski definition) is 0. The van der Waals surface area contributed by atoms with Crippen LogP contribution >= 0.6 is 11.6 Å². The fourth-order valence-corrected chi connectivity index (χ4v) is 3.17. The van der Waals surface area contributed by atoms with Crippen molar-refractivity contribution < 1.29 is 9.53 Å². The molecule has 21 heavy (non-hydrogen) atoms. The minimum absolute atomic E-state index is 0.0573. The average Bonchev–Trinajstić information content (AvgIpc) is 2.48. The van der Waals surface area contributed by atoms with Gasteiger partial charge in [-0.2, -0.15) is 0 Å². The Hall–Kier alpha value is -1.80. The third-order valence-electron chi connectivity index (χ3n) is 4.02. The SMILES string of the molecule is CC1C[C@H](c2ccc(Cl)cc2)[C@@H](c2ccccc2)C(=O)O1. The van der Waals surface area contributed by atoms with Gasteiger partial charge in [-0.15, -0.1) is 0 Å². The first-order valence-corrected chi connectivity index (χ1v) is 7.54. The number of esters is 1. The predicted octanol–water partition coefficient (Wildman–Crippen LogP) is 4.54. The molecule has 3 rings (SSSR count). The Bertz CT molecular complexity index is 621. The van der Waals surface area contributed by atoms with E-state index in [9.17, 15) is 4.79 Å². The summed E-state index contributed by atoms with van der Waals surface area (Å²) in [6, 6.07) is 17.6. The van der Waals surface area contributed by atoms with Crippen LogP contribution in [-0.2, 0) is 9.53 Å². The summed E-state index contributed by atoms with van der Waals surface area (Å²) < 4.78 is 5.46. The van der Waals surface area contributed by atoms with Gasteiger partial charge in [0.25, 0.3) is 0 Å². The maximum Gasteiger partial charge on any atom is 0.314 e. The number of rotatable bonds is 2. The quantitative estimate of drug-likeness (QED) is 0.761. The van der Waals surface area contributed by atoms with Gasteiger partial charge >= 0.3 is 5.97 Å². The van der Waals surface area contributed by atoms with Crippen LogP contribution in [0.5, 0.6) is 0 Å². The fraction of sp³-hybridized carbons (Fsp3) is 0.278. The Morgan fingerprint density at radius 3 is 2.33 bits per heavy atom. The van der Waals surface area contributed by atoms with Gasteiger partial charge in [-0.05, 0) is 36.6 Å². The van der Waals surface area contributed by atoms with E-state index in [1.54, 1.807) is 0 Å². The number of ether oxygens (including phenoxy) is 1. The summed E-state index contributed by atoms with van der Waals surface area (Å²) in [6.45, 7) is 1.95. The highest BCUT2D eigenvalue weighted by Crippen LogP contribution is 2.41. The number of carbonyl (C=O) groups excluding carboxylic acids is 1. The molecule has 0 bridgehead atoms. The van der Waals surface area contributed by atoms with E-state index in [1.165, 1.54) is 0 Å². The highest BCUT2D eigenvalue weighted by Gasteiger charge is 2.38. The van der Waals surface area contributed by atoms with Crippen molar-refractivity contribution in [1.82, 2.24) is 0 Å². The second-order valence-electron chi connectivity index (χ2n) is 5.53. The molecular formula is C18H17ClO2. The highest BCUT2D eigenvalue weighted by atomic mass is 35.5. The van der Waals surface area contributed by atoms with Crippen LogP contribution in [0.3, 0.4) is 0 Å². The summed E-state index contributed by atoms with van der Waals surface area (Å²) in [4.78, 5) is 12.4. The van der Waals surface area contributed by atoms with Gasteiger partial charge in [0.1, 0.15) is 0 Å². The fourth-order valence-electron chi connectivity index (χ4n) is 3.04. The zero-order chi connectivity index (χ0) is 14.8. The van der Waals surface area contributed by atoms with Crippen molar-refractivity contribution >= 4 is 17.6 Å². The van der Waals surface area contributed by atoms with Crippen LogP contribution in [0.1, 0.15) is 36.3 Å². The third-order valence-corrected chi connectivity index (χ3v) is 4.27. The zero-order valence-corrected chi connectivity index (χ0v) is 12.6. The lowest BCUT2D eigenvalue weighted by molar-refractivity contribution is -0.156. The van der Waals surface area contributed by atoms with E-state index in [4.69, 9.17) is 16.3 Å². The number of hydrogen-bond acceptors (Lipinski definition) is 2. The Labute approximate surface area is 129 Å². The monoisotopic (exact) mass is 300 g/mol. The van der Waals surface area contributed by atoms with Crippen LogP contribution < -0.4 is 0 Å². The minimum atomic E-state index is -0.247. The normalized spacial score (nSPS) is 25.4. The van der Waals surface area contributed by atoms with Gasteiger partial charge in [-0.25, -0.2) is 0 Å². The largest absolute Gasteiger partial charge is 0.462 e. The van der Waals surface area contributed by atoms with E-state index in [0.29, 0.717) is 5.02 Å². The van der Waals surface area contributed by atoms with Gasteiger partial charge in [-0.1, -0.05) is 54.1 Å². The molecule has 0 aromatic heterocycles. The molecule has 1 saturated heterocycles. The van der Waals surface area contributed by atoms with Crippen molar-refractivity contribution in [1.29, 1.82) is 0 Å². The lowest BCUT2D eigenvalue weighted by atomic mass is 9.77. The molecule has 0 N–H and O–H groups in total. The summed E-state index contributed by atoms with van der Waals surface area (Å²) in [6.07, 6.45) is 0.769. The molecule has 108 valence electrons. The van der Waals surface area contributed by atoms with Gasteiger partial charge in [0.15, 0.2) is 0 Å². The molecule has 0 radical (unpaired) electrons. The number of cyclic esters (lactones) is 1. The number of benzene rings is 2. The lowest BCUT2D eigenvalue weighted by Gasteiger charge is -2.34. The molecule has 0 spiro atoms. The van der Waals surface area contributed by atoms with Gasteiger partial charge in [-0.3, -0.25) is 4.79 Å². The Balaban J connectivity index is 2.01. The molecule has 0 saturated carbocycles. The van der Waals surface area contributed by atoms with Crippen molar-refractivity contribution in [3.05, 3.63) is 70.7 Å². The average molecular weight is 301 g/mol. The standard InChI is InChI=1S/C18H17ClO2/c1-12-11-16(13-7-9-15(19)10-8-13)17(18(20)21-12)14-5-3-2-4-6-14/h2-10,12,16-17H,11H2,1H3/t12?,16-,17-/m1/s1. The van der Waals surface area contributed by atoms with Crippen LogP contribution in [0.2, 0.25) is 5.02 Å². The Kier molecular flexibility index (Phi) is 3.98. The summed E-state index contributed by atoms with van der Waals surface area (Å²) in [5.74, 6) is -0.260. The summed E-state index contributed by atoms with van der Waals surface area (Å²) >= 11 is 5.97. The molecule has 1 unspecified atom stereocenters. The van der Waals surface area contributed by atoms with Crippen LogP contribution in [0, 0.1) is 0 Å². The van der Waals surface area contributed by atoms with Gasteiger partial charge in [0.05, 0.1) is 12.0 Å². The van der Waals surface area contributed by atoms with Crippen molar-refractivity contribution in [3.63, 3.8) is 0 Å². The number of carbonyl (C=O) groups is 1. The molecule has 2 aromatic rings. The summed E-state index contributed by atoms with van der Waals surface area (Å²) in [5.41, 5.74) is 2.14. The first-order valence-electron chi connectivity index (χ1n) is 7.16. The maximum absolute atomic E-state index is 12.4. The molecule has 3 heteroatoms. The molecule has 1 aliphatic heterocycles. The van der Waals surface area contributed by atoms with E-state index in [1.807, 2.05) is 61.5 Å². The molecule has 0 aliphatic carbocycles. The first kappa shape index (κ1) is 14.2. The van der Waals surface area contributed by atoms with Crippen molar-refractivity contribution in [2.24, 2.45) is 0 Å². The Morgan fingerprint density at radius 1 is 1.00 bits per heavy atom. The van der Waals surface area contributed by atoms with Crippen LogP contribution in [0.25, 0.3) is 0 Å². The van der Waals surface area contributed by atoms with Gasteiger partial charge in [0.2, 0.25) is 0 Å². The lowest BCUT2D eigenvalue weighted by Crippen LogP contribution is -2.34. The van der Waals surface area contributed by atoms with Crippen LogP contribution in [0.4, 0.5) is 0 Å². The second kappa shape index (κ2) is 5.90. The molecule has 2 nitrogen and oxygen atoms in total. The third kappa shape index (κ3) is 2.96. The molecule has 2 aromatic carbocycles. The topological polar surface area (TPSA) is 26.3 Å². The summed E-state index contributed by atoms with van der Waals surface area (Å²) in [7, 11) is 0. The molecule has 1 aliphatic rings. The molecule has 3 atom stereocenters. The van der Waals surface area contributed by atoms with E-state index < -0.39 is 0 Å². The predicted molar refractivity (Wildman–Crippen MR) is 83.5 cm³/mol. The first-order chi connectivity index (χ1) is 10.1.